The van der Waals surface area contributed by atoms with Crippen LogP contribution in [0.5, 0.6) is 5.75 Å². The zero-order valence-corrected chi connectivity index (χ0v) is 18.3. The van der Waals surface area contributed by atoms with Gasteiger partial charge in [-0.15, -0.1) is 0 Å². The van der Waals surface area contributed by atoms with Crippen LogP contribution in [0.3, 0.4) is 0 Å². The van der Waals surface area contributed by atoms with Crippen molar-refractivity contribution in [3.63, 3.8) is 0 Å². The molecule has 3 aromatic rings. The van der Waals surface area contributed by atoms with E-state index < -0.39 is 12.1 Å². The van der Waals surface area contributed by atoms with Crippen molar-refractivity contribution in [2.24, 2.45) is 0 Å². The first-order valence-electron chi connectivity index (χ1n) is 10.2. The van der Waals surface area contributed by atoms with Crippen molar-refractivity contribution < 1.29 is 19.1 Å². The van der Waals surface area contributed by atoms with E-state index in [4.69, 9.17) is 21.1 Å². The van der Waals surface area contributed by atoms with Crippen molar-refractivity contribution >= 4 is 29.3 Å². The van der Waals surface area contributed by atoms with Crippen LogP contribution in [0.1, 0.15) is 16.7 Å². The van der Waals surface area contributed by atoms with Gasteiger partial charge in [-0.1, -0.05) is 66.2 Å². The van der Waals surface area contributed by atoms with Crippen molar-refractivity contribution in [1.82, 2.24) is 4.90 Å². The smallest absolute Gasteiger partial charge is 0.411 e. The molecule has 0 saturated carbocycles. The number of carbonyl (C=O) groups is 2. The predicted molar refractivity (Wildman–Crippen MR) is 123 cm³/mol. The summed E-state index contributed by atoms with van der Waals surface area (Å²) in [5.41, 5.74) is 3.34. The number of anilines is 1. The molecule has 7 heteroatoms. The zero-order valence-electron chi connectivity index (χ0n) is 17.6. The minimum Gasteiger partial charge on any atom is -0.495 e. The monoisotopic (exact) mass is 450 g/mol. The van der Waals surface area contributed by atoms with Gasteiger partial charge in [0, 0.05) is 11.4 Å². The topological polar surface area (TPSA) is 67.9 Å². The number of methoxy groups -OCH3 is 1. The van der Waals surface area contributed by atoms with Crippen LogP contribution in [0.15, 0.2) is 72.8 Å². The summed E-state index contributed by atoms with van der Waals surface area (Å²) in [6.07, 6.45) is -0.160. The molecule has 0 spiro atoms. The molecule has 0 radical (unpaired) electrons. The molecule has 6 nitrogen and oxygen atoms in total. The molecular weight excluding hydrogens is 428 g/mol. The Balaban J connectivity index is 1.56. The first kappa shape index (κ1) is 21.7. The number of carbonyl (C=O) groups excluding carboxylic acids is 2. The summed E-state index contributed by atoms with van der Waals surface area (Å²) >= 11 is 6.10. The predicted octanol–water partition coefficient (Wildman–Crippen LogP) is 5.05. The summed E-state index contributed by atoms with van der Waals surface area (Å²) in [6.45, 7) is 0.419. The maximum absolute atomic E-state index is 13.3. The van der Waals surface area contributed by atoms with Crippen molar-refractivity contribution in [2.45, 2.75) is 25.6 Å². The Kier molecular flexibility index (Phi) is 6.61. The number of fused-ring (bicyclic) bond motifs is 1. The molecule has 4 rings (SSSR count). The average Bonchev–Trinajstić information content (AvgIpc) is 2.82. The van der Waals surface area contributed by atoms with Gasteiger partial charge in [-0.05, 0) is 34.9 Å². The van der Waals surface area contributed by atoms with Crippen LogP contribution in [-0.4, -0.2) is 30.1 Å². The van der Waals surface area contributed by atoms with E-state index in [1.807, 2.05) is 54.6 Å². The summed E-state index contributed by atoms with van der Waals surface area (Å²) in [6, 6.07) is 21.5. The van der Waals surface area contributed by atoms with Crippen molar-refractivity contribution in [2.75, 3.05) is 12.4 Å². The fourth-order valence-electron chi connectivity index (χ4n) is 3.75. The molecule has 164 valence electrons. The number of rotatable bonds is 5. The minimum absolute atomic E-state index is 0.133. The lowest BCUT2D eigenvalue weighted by molar-refractivity contribution is -0.121. The molecular formula is C25H23ClN2O4. The highest BCUT2D eigenvalue weighted by Crippen LogP contribution is 2.30. The number of halogens is 1. The summed E-state index contributed by atoms with van der Waals surface area (Å²) in [4.78, 5) is 27.8. The molecule has 0 saturated heterocycles. The van der Waals surface area contributed by atoms with Gasteiger partial charge in [0.15, 0.2) is 0 Å². The van der Waals surface area contributed by atoms with E-state index >= 15 is 0 Å². The summed E-state index contributed by atoms with van der Waals surface area (Å²) in [5, 5.41) is 3.33. The Morgan fingerprint density at radius 2 is 1.75 bits per heavy atom. The Hall–Kier alpha value is -3.51. The van der Waals surface area contributed by atoms with Crippen molar-refractivity contribution in [1.29, 1.82) is 0 Å². The summed E-state index contributed by atoms with van der Waals surface area (Å²) in [5.74, 6) is 0.147. The quantitative estimate of drug-likeness (QED) is 0.590. The summed E-state index contributed by atoms with van der Waals surface area (Å²) < 4.78 is 10.9. The van der Waals surface area contributed by atoms with Crippen molar-refractivity contribution in [3.05, 3.63) is 94.5 Å². The van der Waals surface area contributed by atoms with Crippen LogP contribution in [0, 0.1) is 0 Å². The number of hydrogen-bond donors (Lipinski definition) is 1. The van der Waals surface area contributed by atoms with E-state index in [1.54, 1.807) is 18.2 Å². The number of nitrogens with zero attached hydrogens (tertiary/aromatic N) is 1. The van der Waals surface area contributed by atoms with Gasteiger partial charge in [-0.25, -0.2) is 4.79 Å². The van der Waals surface area contributed by atoms with Gasteiger partial charge in [-0.2, -0.15) is 0 Å². The number of hydrogen-bond acceptors (Lipinski definition) is 4. The third-order valence-corrected chi connectivity index (χ3v) is 5.65. The van der Waals surface area contributed by atoms with Crippen molar-refractivity contribution in [3.8, 4) is 5.75 Å². The average molecular weight is 451 g/mol. The normalized spacial score (nSPS) is 14.9. The van der Waals surface area contributed by atoms with E-state index in [0.29, 0.717) is 22.9 Å². The first-order valence-corrected chi connectivity index (χ1v) is 10.6. The van der Waals surface area contributed by atoms with Gasteiger partial charge in [-0.3, -0.25) is 9.69 Å². The second-order valence-corrected chi connectivity index (χ2v) is 7.93. The largest absolute Gasteiger partial charge is 0.495 e. The van der Waals surface area contributed by atoms with E-state index in [-0.39, 0.29) is 19.1 Å². The molecule has 1 aliphatic heterocycles. The third kappa shape index (κ3) is 4.86. The Morgan fingerprint density at radius 3 is 2.50 bits per heavy atom. The van der Waals surface area contributed by atoms with Gasteiger partial charge < -0.3 is 14.8 Å². The van der Waals surface area contributed by atoms with E-state index in [0.717, 1.165) is 16.7 Å². The van der Waals surface area contributed by atoms with E-state index in [2.05, 4.69) is 5.32 Å². The van der Waals surface area contributed by atoms with Crippen LogP contribution in [0.25, 0.3) is 0 Å². The molecule has 0 aliphatic carbocycles. The molecule has 0 unspecified atom stereocenters. The number of ether oxygens (including phenoxy) is 2. The molecule has 32 heavy (non-hydrogen) atoms. The molecule has 1 atom stereocenters. The summed E-state index contributed by atoms with van der Waals surface area (Å²) in [7, 11) is 1.52. The standard InChI is InChI=1S/C25H23ClN2O4/c1-31-23-12-11-20(26)14-21(23)27-24(29)22-13-18-9-5-6-10-19(18)15-28(22)25(30)32-16-17-7-3-2-4-8-17/h2-12,14,22H,13,15-16H2,1H3,(H,27,29)/t22-/m1/s1. The Morgan fingerprint density at radius 1 is 1.03 bits per heavy atom. The fraction of sp³-hybridized carbons (Fsp3) is 0.200. The molecule has 0 bridgehead atoms. The SMILES string of the molecule is COc1ccc(Cl)cc1NC(=O)[C@H]1Cc2ccccc2CN1C(=O)OCc1ccccc1. The van der Waals surface area contributed by atoms with Gasteiger partial charge in [0.2, 0.25) is 5.91 Å². The molecule has 0 aromatic heterocycles. The molecule has 1 heterocycles. The van der Waals surface area contributed by atoms with Crippen LogP contribution in [-0.2, 0) is 29.1 Å². The van der Waals surface area contributed by atoms with Gasteiger partial charge in [0.25, 0.3) is 0 Å². The highest BCUT2D eigenvalue weighted by Gasteiger charge is 2.36. The van der Waals surface area contributed by atoms with E-state index in [9.17, 15) is 9.59 Å². The fourth-order valence-corrected chi connectivity index (χ4v) is 3.92. The first-order chi connectivity index (χ1) is 15.5. The molecule has 1 N–H and O–H groups in total. The maximum Gasteiger partial charge on any atom is 0.411 e. The number of amides is 2. The third-order valence-electron chi connectivity index (χ3n) is 5.41. The molecule has 0 fully saturated rings. The van der Waals surface area contributed by atoms with Gasteiger partial charge in [0.05, 0.1) is 19.3 Å². The number of benzene rings is 3. The second kappa shape index (κ2) is 9.75. The highest BCUT2D eigenvalue weighted by atomic mass is 35.5. The minimum atomic E-state index is -0.739. The lowest BCUT2D eigenvalue weighted by Crippen LogP contribution is -2.50. The van der Waals surface area contributed by atoms with E-state index in [1.165, 1.54) is 12.0 Å². The maximum atomic E-state index is 13.3. The van der Waals surface area contributed by atoms with Crippen LogP contribution >= 0.6 is 11.6 Å². The Bertz CT molecular complexity index is 1120. The van der Waals surface area contributed by atoms with Gasteiger partial charge >= 0.3 is 6.09 Å². The lowest BCUT2D eigenvalue weighted by atomic mass is 9.94. The van der Waals surface area contributed by atoms with Crippen LogP contribution < -0.4 is 10.1 Å². The van der Waals surface area contributed by atoms with Crippen LogP contribution in [0.2, 0.25) is 5.02 Å². The second-order valence-electron chi connectivity index (χ2n) is 7.49. The number of nitrogens with one attached hydrogen (secondary N) is 1. The zero-order chi connectivity index (χ0) is 22.5. The molecule has 1 aliphatic rings. The van der Waals surface area contributed by atoms with Crippen LogP contribution in [0.4, 0.5) is 10.5 Å². The molecule has 2 amide bonds. The molecule has 3 aromatic carbocycles. The highest BCUT2D eigenvalue weighted by molar-refractivity contribution is 6.31. The lowest BCUT2D eigenvalue weighted by Gasteiger charge is -2.35. The Labute approximate surface area is 191 Å². The van der Waals surface area contributed by atoms with Gasteiger partial charge in [0.1, 0.15) is 18.4 Å².